The van der Waals surface area contributed by atoms with Gasteiger partial charge in [0.1, 0.15) is 11.4 Å². The van der Waals surface area contributed by atoms with Crippen molar-refractivity contribution in [1.29, 1.82) is 0 Å². The molecule has 0 aliphatic carbocycles. The van der Waals surface area contributed by atoms with Crippen LogP contribution in [-0.2, 0) is 11.2 Å². The highest BCUT2D eigenvalue weighted by Gasteiger charge is 2.42. The number of carbonyl (C=O) groups excluding carboxylic acids is 1. The number of ether oxygens (including phenoxy) is 1. The number of nitrogens with zero attached hydrogens (tertiary/aromatic N) is 1. The van der Waals surface area contributed by atoms with Crippen molar-refractivity contribution in [3.63, 3.8) is 0 Å². The van der Waals surface area contributed by atoms with E-state index in [-0.39, 0.29) is 5.78 Å². The van der Waals surface area contributed by atoms with Crippen molar-refractivity contribution in [2.45, 2.75) is 31.3 Å². The first-order valence-corrected chi connectivity index (χ1v) is 11.1. The number of ketones is 1. The molecule has 1 saturated heterocycles. The van der Waals surface area contributed by atoms with E-state index in [1.54, 1.807) is 18.2 Å². The Labute approximate surface area is 186 Å². The number of aromatic nitrogens is 1. The summed E-state index contributed by atoms with van der Waals surface area (Å²) in [4.78, 5) is 29.4. The molecular weight excluding hydrogens is 404 g/mol. The van der Waals surface area contributed by atoms with Crippen molar-refractivity contribution in [1.82, 2.24) is 9.88 Å². The minimum Gasteiger partial charge on any atom is -0.486 e. The van der Waals surface area contributed by atoms with Crippen LogP contribution in [0.5, 0.6) is 5.75 Å². The predicted octanol–water partition coefficient (Wildman–Crippen LogP) is 4.31. The summed E-state index contributed by atoms with van der Waals surface area (Å²) < 4.78 is 6.37. The third-order valence-corrected chi connectivity index (χ3v) is 6.67. The Morgan fingerprint density at radius 1 is 1.19 bits per heavy atom. The number of hydrogen-bond acceptors (Lipinski definition) is 4. The van der Waals surface area contributed by atoms with Gasteiger partial charge >= 0.3 is 5.97 Å². The lowest BCUT2D eigenvalue weighted by Crippen LogP contribution is -2.51. The van der Waals surface area contributed by atoms with Gasteiger partial charge in [-0.15, -0.1) is 0 Å². The van der Waals surface area contributed by atoms with Crippen molar-refractivity contribution in [2.75, 3.05) is 19.6 Å². The number of H-pyrrole nitrogens is 1. The number of rotatable bonds is 5. The number of aliphatic carboxylic acids is 1. The molecule has 3 heterocycles. The number of piperidine rings is 1. The first-order valence-electron chi connectivity index (χ1n) is 11.1. The Kier molecular flexibility index (Phi) is 5.31. The Balaban J connectivity index is 1.22. The standard InChI is InChI=1S/C26H26N2O4/c29-23-16-26(32-24-7-5-18(15-21(23)24)6-8-25(30)31)10-13-28(14-11-26)12-9-19-17-27-22-4-2-1-3-20(19)22/h1-8,15,17,27H,9-14,16H2,(H,30,31)/b8-6+. The van der Waals surface area contributed by atoms with Crippen LogP contribution in [0.2, 0.25) is 0 Å². The Morgan fingerprint density at radius 3 is 2.81 bits per heavy atom. The average Bonchev–Trinajstić information content (AvgIpc) is 3.21. The number of likely N-dealkylation sites (tertiary alicyclic amines) is 1. The van der Waals surface area contributed by atoms with Crippen LogP contribution in [-0.4, -0.2) is 52.0 Å². The van der Waals surface area contributed by atoms with Gasteiger partial charge in [0.15, 0.2) is 5.78 Å². The first kappa shape index (κ1) is 20.5. The number of fused-ring (bicyclic) bond motifs is 2. The van der Waals surface area contributed by atoms with Crippen LogP contribution < -0.4 is 4.74 Å². The molecule has 0 atom stereocenters. The van der Waals surface area contributed by atoms with Gasteiger partial charge < -0.3 is 19.7 Å². The van der Waals surface area contributed by atoms with Crippen LogP contribution in [0.1, 0.15) is 40.7 Å². The topological polar surface area (TPSA) is 82.6 Å². The van der Waals surface area contributed by atoms with Crippen LogP contribution in [0.3, 0.4) is 0 Å². The highest BCUT2D eigenvalue weighted by Crippen LogP contribution is 2.39. The van der Waals surface area contributed by atoms with Crippen LogP contribution in [0.15, 0.2) is 54.7 Å². The van der Waals surface area contributed by atoms with Gasteiger partial charge in [-0.05, 0) is 41.8 Å². The maximum atomic E-state index is 12.9. The van der Waals surface area contributed by atoms with E-state index in [0.717, 1.165) is 45.0 Å². The molecule has 2 N–H and O–H groups in total. The number of para-hydroxylation sites is 1. The lowest BCUT2D eigenvalue weighted by Gasteiger charge is -2.44. The largest absolute Gasteiger partial charge is 0.486 e. The number of nitrogens with one attached hydrogen (secondary N) is 1. The Hall–Kier alpha value is -3.38. The minimum absolute atomic E-state index is 0.0732. The maximum Gasteiger partial charge on any atom is 0.328 e. The van der Waals surface area contributed by atoms with Gasteiger partial charge in [-0.3, -0.25) is 4.79 Å². The van der Waals surface area contributed by atoms with Gasteiger partial charge in [0, 0.05) is 55.7 Å². The van der Waals surface area contributed by atoms with Gasteiger partial charge in [0.2, 0.25) is 0 Å². The van der Waals surface area contributed by atoms with E-state index >= 15 is 0 Å². The van der Waals surface area contributed by atoms with Crippen LogP contribution in [0, 0.1) is 0 Å². The molecule has 2 aliphatic heterocycles. The lowest BCUT2D eigenvalue weighted by molar-refractivity contribution is -0.131. The van der Waals surface area contributed by atoms with Crippen molar-refractivity contribution < 1.29 is 19.4 Å². The molecule has 0 saturated carbocycles. The summed E-state index contributed by atoms with van der Waals surface area (Å²) in [5.74, 6) is -0.328. The van der Waals surface area contributed by atoms with Crippen molar-refractivity contribution in [3.05, 3.63) is 71.4 Å². The van der Waals surface area contributed by atoms with Crippen molar-refractivity contribution in [2.24, 2.45) is 0 Å². The molecule has 0 bridgehead atoms. The maximum absolute atomic E-state index is 12.9. The van der Waals surface area contributed by atoms with Crippen LogP contribution in [0.4, 0.5) is 0 Å². The summed E-state index contributed by atoms with van der Waals surface area (Å²) in [6.07, 6.45) is 7.69. The molecule has 5 rings (SSSR count). The van der Waals surface area contributed by atoms with Gasteiger partial charge in [0.25, 0.3) is 0 Å². The monoisotopic (exact) mass is 430 g/mol. The van der Waals surface area contributed by atoms with Crippen molar-refractivity contribution in [3.8, 4) is 5.75 Å². The number of carboxylic acid groups (broad SMARTS) is 1. The van der Waals surface area contributed by atoms with Gasteiger partial charge in [-0.25, -0.2) is 4.79 Å². The van der Waals surface area contributed by atoms with E-state index in [4.69, 9.17) is 9.84 Å². The molecule has 0 amide bonds. The number of hydrogen-bond donors (Lipinski definition) is 2. The quantitative estimate of drug-likeness (QED) is 0.590. The fourth-order valence-corrected chi connectivity index (χ4v) is 4.86. The summed E-state index contributed by atoms with van der Waals surface area (Å²) in [5.41, 5.74) is 3.32. The summed E-state index contributed by atoms with van der Waals surface area (Å²) in [7, 11) is 0. The number of carbonyl (C=O) groups is 2. The molecule has 164 valence electrons. The molecule has 6 heteroatoms. The second-order valence-corrected chi connectivity index (χ2v) is 8.76. The molecule has 2 aliphatic rings. The highest BCUT2D eigenvalue weighted by molar-refractivity contribution is 6.01. The second-order valence-electron chi connectivity index (χ2n) is 8.76. The van der Waals surface area contributed by atoms with E-state index in [9.17, 15) is 9.59 Å². The van der Waals surface area contributed by atoms with E-state index in [0.29, 0.717) is 23.3 Å². The first-order chi connectivity index (χ1) is 15.5. The third-order valence-electron chi connectivity index (χ3n) is 6.67. The SMILES string of the molecule is O=C(O)/C=C/c1ccc2c(c1)C(=O)CC1(CCN(CCc3c[nH]c4ccccc34)CC1)O2. The van der Waals surface area contributed by atoms with Gasteiger partial charge in [-0.1, -0.05) is 24.3 Å². The molecule has 0 unspecified atom stereocenters. The summed E-state index contributed by atoms with van der Waals surface area (Å²) >= 11 is 0. The Bertz CT molecular complexity index is 1200. The zero-order chi connectivity index (χ0) is 22.1. The lowest BCUT2D eigenvalue weighted by atomic mass is 9.82. The predicted molar refractivity (Wildman–Crippen MR) is 123 cm³/mol. The second kappa shape index (κ2) is 8.28. The highest BCUT2D eigenvalue weighted by atomic mass is 16.5. The molecule has 1 fully saturated rings. The number of Topliss-reactive ketones (excluding diaryl/α,β-unsaturated/α-hetero) is 1. The molecule has 1 aromatic heterocycles. The zero-order valence-corrected chi connectivity index (χ0v) is 17.8. The molecular formula is C26H26N2O4. The molecule has 1 spiro atoms. The van der Waals surface area contributed by atoms with E-state index < -0.39 is 11.6 Å². The Morgan fingerprint density at radius 2 is 2.00 bits per heavy atom. The molecule has 0 radical (unpaired) electrons. The van der Waals surface area contributed by atoms with Gasteiger partial charge in [0.05, 0.1) is 12.0 Å². The van der Waals surface area contributed by atoms with E-state index in [1.807, 2.05) is 6.07 Å². The number of benzene rings is 2. The molecule has 2 aromatic carbocycles. The molecule has 3 aromatic rings. The number of carboxylic acids is 1. The average molecular weight is 431 g/mol. The smallest absolute Gasteiger partial charge is 0.328 e. The van der Waals surface area contributed by atoms with E-state index in [1.165, 1.54) is 22.5 Å². The summed E-state index contributed by atoms with van der Waals surface area (Å²) in [6, 6.07) is 13.7. The molecule has 32 heavy (non-hydrogen) atoms. The van der Waals surface area contributed by atoms with Crippen LogP contribution in [0.25, 0.3) is 17.0 Å². The summed E-state index contributed by atoms with van der Waals surface area (Å²) in [6.45, 7) is 2.80. The van der Waals surface area contributed by atoms with Crippen LogP contribution >= 0.6 is 0 Å². The van der Waals surface area contributed by atoms with Gasteiger partial charge in [-0.2, -0.15) is 0 Å². The molecule has 6 nitrogen and oxygen atoms in total. The van der Waals surface area contributed by atoms with E-state index in [2.05, 4.69) is 34.3 Å². The van der Waals surface area contributed by atoms with Crippen molar-refractivity contribution >= 4 is 28.7 Å². The third kappa shape index (κ3) is 4.06. The summed E-state index contributed by atoms with van der Waals surface area (Å²) in [5, 5.41) is 10.1. The normalized spacial score (nSPS) is 18.2. The fourth-order valence-electron chi connectivity index (χ4n) is 4.86. The number of aromatic amines is 1. The minimum atomic E-state index is -1.01. The zero-order valence-electron chi connectivity index (χ0n) is 17.8. The fraction of sp³-hybridized carbons (Fsp3) is 0.308.